The van der Waals surface area contributed by atoms with Crippen molar-refractivity contribution in [2.75, 3.05) is 13.2 Å². The van der Waals surface area contributed by atoms with Crippen LogP contribution >= 0.6 is 0 Å². The smallest absolute Gasteiger partial charge is 0.302 e. The number of hydrogen-bond donors (Lipinski definition) is 4. The van der Waals surface area contributed by atoms with E-state index in [0.717, 1.165) is 16.7 Å². The highest BCUT2D eigenvalue weighted by Crippen LogP contribution is 2.43. The fraction of sp³-hybridized carbons (Fsp3) is 0.462. The van der Waals surface area contributed by atoms with Gasteiger partial charge in [0.2, 0.25) is 11.6 Å². The molecule has 5 rings (SSSR count). The van der Waals surface area contributed by atoms with Crippen molar-refractivity contribution in [1.29, 1.82) is 0 Å². The van der Waals surface area contributed by atoms with Crippen molar-refractivity contribution in [2.24, 2.45) is 0 Å². The van der Waals surface area contributed by atoms with Crippen LogP contribution in [-0.2, 0) is 53.6 Å². The van der Waals surface area contributed by atoms with Crippen LogP contribution in [0.5, 0.6) is 23.0 Å². The van der Waals surface area contributed by atoms with E-state index in [1.165, 1.54) is 13.8 Å². The molecule has 1 aliphatic rings. The van der Waals surface area contributed by atoms with E-state index >= 15 is 0 Å². The molecule has 0 saturated heterocycles. The van der Waals surface area contributed by atoms with Crippen LogP contribution in [0.1, 0.15) is 187 Å². The summed E-state index contributed by atoms with van der Waals surface area (Å²) in [5.41, 5.74) is 3.25. The molecule has 62 heavy (non-hydrogen) atoms. The molecule has 0 heterocycles. The molecule has 10 nitrogen and oxygen atoms in total. The molecule has 0 atom stereocenters. The van der Waals surface area contributed by atoms with Crippen LogP contribution in [0.15, 0.2) is 48.5 Å². The second kappa shape index (κ2) is 19.2. The fourth-order valence-electron chi connectivity index (χ4n) is 6.85. The maximum Gasteiger partial charge on any atom is 0.302 e. The zero-order chi connectivity index (χ0) is 47.4. The van der Waals surface area contributed by atoms with Gasteiger partial charge in [0.1, 0.15) is 23.0 Å². The zero-order valence-corrected chi connectivity index (χ0v) is 39.7. The van der Waals surface area contributed by atoms with Crippen LogP contribution in [-0.4, -0.2) is 57.1 Å². The van der Waals surface area contributed by atoms with Crippen LogP contribution in [0.2, 0.25) is 0 Å². The van der Waals surface area contributed by atoms with Crippen molar-refractivity contribution in [1.82, 2.24) is 0 Å². The number of fused-ring (bicyclic) bond motifs is 8. The van der Waals surface area contributed by atoms with Crippen LogP contribution in [0.4, 0.5) is 0 Å². The predicted octanol–water partition coefficient (Wildman–Crippen LogP) is 10.8. The van der Waals surface area contributed by atoms with Crippen molar-refractivity contribution in [3.63, 3.8) is 0 Å². The van der Waals surface area contributed by atoms with E-state index < -0.39 is 33.6 Å². The number of phenols is 4. The highest BCUT2D eigenvalue weighted by Gasteiger charge is 2.32. The first-order valence-electron chi connectivity index (χ1n) is 21.1. The minimum Gasteiger partial charge on any atom is -0.507 e. The van der Waals surface area contributed by atoms with Gasteiger partial charge < -0.3 is 29.9 Å². The Morgan fingerprint density at radius 3 is 0.887 bits per heavy atom. The molecule has 4 N–H and O–H groups in total. The van der Waals surface area contributed by atoms with E-state index in [-0.39, 0.29) is 69.7 Å². The second-order valence-corrected chi connectivity index (χ2v) is 20.0. The summed E-state index contributed by atoms with van der Waals surface area (Å²) in [5, 5.41) is 47.3. The molecular formula is C52H68O10. The van der Waals surface area contributed by atoms with E-state index in [4.69, 9.17) is 0 Å². The van der Waals surface area contributed by atoms with E-state index in [0.29, 0.717) is 41.0 Å². The summed E-state index contributed by atoms with van der Waals surface area (Å²) in [7, 11) is 0. The molecule has 0 fully saturated rings. The summed E-state index contributed by atoms with van der Waals surface area (Å²) in [5.74, 6) is -2.68. The van der Waals surface area contributed by atoms with E-state index in [1.807, 2.05) is 86.6 Å². The van der Waals surface area contributed by atoms with E-state index in [9.17, 15) is 39.6 Å². The van der Waals surface area contributed by atoms with Gasteiger partial charge in [-0.1, -0.05) is 107 Å². The summed E-state index contributed by atoms with van der Waals surface area (Å²) in [6.45, 7) is 31.5. The number of rotatable bonds is 2. The Hall–Kier alpha value is -5.64. The normalized spacial score (nSPS) is 13.0. The maximum atomic E-state index is 14.6. The molecule has 10 heteroatoms. The number of ether oxygens (including phenoxy) is 2. The quantitative estimate of drug-likeness (QED) is 0.125. The Kier molecular flexibility index (Phi) is 15.7. The molecular weight excluding hydrogens is 785 g/mol. The van der Waals surface area contributed by atoms with Gasteiger partial charge in [0.25, 0.3) is 0 Å². The number of hydrogen-bond acceptors (Lipinski definition) is 10. The third-order valence-electron chi connectivity index (χ3n) is 10.7. The minimum absolute atomic E-state index is 0.00849. The van der Waals surface area contributed by atoms with Crippen molar-refractivity contribution < 1.29 is 49.1 Å². The summed E-state index contributed by atoms with van der Waals surface area (Å²) >= 11 is 0. The van der Waals surface area contributed by atoms with Gasteiger partial charge in [-0.25, -0.2) is 0 Å². The maximum absolute atomic E-state index is 14.6. The number of phenolic OH excluding ortho intramolecular Hbond substituents is 4. The topological polar surface area (TPSA) is 168 Å². The van der Waals surface area contributed by atoms with Crippen molar-refractivity contribution in [2.45, 2.75) is 145 Å². The van der Waals surface area contributed by atoms with Crippen molar-refractivity contribution in [3.05, 3.63) is 115 Å². The van der Waals surface area contributed by atoms with Crippen molar-refractivity contribution >= 4 is 23.5 Å². The number of benzene rings is 4. The second-order valence-electron chi connectivity index (χ2n) is 20.0. The third kappa shape index (κ3) is 12.3. The van der Waals surface area contributed by atoms with Crippen LogP contribution in [0.3, 0.4) is 0 Å². The van der Waals surface area contributed by atoms with Crippen LogP contribution in [0.25, 0.3) is 0 Å². The number of ketones is 2. The average molecular weight is 853 g/mol. The van der Waals surface area contributed by atoms with Crippen molar-refractivity contribution in [3.8, 4) is 23.0 Å². The molecule has 0 amide bonds. The zero-order valence-electron chi connectivity index (χ0n) is 39.7. The molecule has 0 unspecified atom stereocenters. The number of carbonyl (C=O) groups is 4. The average Bonchev–Trinajstić information content (AvgIpc) is 3.12. The highest BCUT2D eigenvalue weighted by atomic mass is 16.5. The lowest BCUT2D eigenvalue weighted by Gasteiger charge is -2.26. The van der Waals surface area contributed by atoms with Crippen LogP contribution < -0.4 is 0 Å². The first-order chi connectivity index (χ1) is 28.3. The van der Waals surface area contributed by atoms with Gasteiger partial charge in [-0.3, -0.25) is 19.2 Å². The fourth-order valence-corrected chi connectivity index (χ4v) is 6.85. The predicted molar refractivity (Wildman–Crippen MR) is 244 cm³/mol. The first-order valence-corrected chi connectivity index (χ1v) is 21.1. The molecule has 4 aromatic carbocycles. The molecule has 4 aromatic rings. The molecule has 0 spiro atoms. The van der Waals surface area contributed by atoms with Gasteiger partial charge in [0, 0.05) is 26.7 Å². The first kappa shape index (κ1) is 50.7. The summed E-state index contributed by atoms with van der Waals surface area (Å²) in [6.07, 6.45) is 0.242. The van der Waals surface area contributed by atoms with Crippen LogP contribution in [0, 0.1) is 0 Å². The molecule has 0 saturated carbocycles. The number of esters is 2. The Morgan fingerprint density at radius 1 is 0.435 bits per heavy atom. The molecule has 1 aliphatic carbocycles. The highest BCUT2D eigenvalue weighted by molar-refractivity contribution is 6.18. The standard InChI is InChI=1S/C44H52O6.2C4H8O2/c1-41(2,3)27-15-23-13-25-17-28(42(4,5)6)19-31(36(25)46)38(48)33-21-30(44(10,11)12)22-34(40(33)50)39(49)32-20-29(43(7,8)9)18-26(37(32)47)14-24(16-27)35(23)45;2*1-3-6-4(2)5/h15-22,45-47,50H,13-14H2,1-12H3;2*3H2,1-2H3. The van der Waals surface area contributed by atoms with Gasteiger partial charge >= 0.3 is 11.9 Å². The van der Waals surface area contributed by atoms with Gasteiger partial charge in [-0.05, 0) is 104 Å². The largest absolute Gasteiger partial charge is 0.507 e. The minimum atomic E-state index is -0.638. The molecule has 336 valence electrons. The third-order valence-corrected chi connectivity index (χ3v) is 10.7. The summed E-state index contributed by atoms with van der Waals surface area (Å²) < 4.78 is 8.81. The Morgan fingerprint density at radius 2 is 0.661 bits per heavy atom. The molecule has 0 radical (unpaired) electrons. The number of carbonyl (C=O) groups excluding carboxylic acids is 4. The molecule has 8 bridgehead atoms. The summed E-state index contributed by atoms with van der Waals surface area (Å²) in [6, 6.07) is 14.1. The lowest BCUT2D eigenvalue weighted by molar-refractivity contribution is -0.141. The number of aromatic hydroxyl groups is 4. The monoisotopic (exact) mass is 852 g/mol. The Balaban J connectivity index is 0.000000749. The molecule has 0 aliphatic heterocycles. The van der Waals surface area contributed by atoms with Gasteiger partial charge in [-0.2, -0.15) is 0 Å². The molecule has 0 aromatic heterocycles. The lowest BCUT2D eigenvalue weighted by atomic mass is 9.79. The Bertz CT molecular complexity index is 2190. The Labute approximate surface area is 368 Å². The lowest BCUT2D eigenvalue weighted by Crippen LogP contribution is -2.18. The van der Waals surface area contributed by atoms with Gasteiger partial charge in [0.05, 0.1) is 35.5 Å². The van der Waals surface area contributed by atoms with Gasteiger partial charge in [-0.15, -0.1) is 0 Å². The van der Waals surface area contributed by atoms with E-state index in [2.05, 4.69) is 30.2 Å². The van der Waals surface area contributed by atoms with Gasteiger partial charge in [0.15, 0.2) is 0 Å². The summed E-state index contributed by atoms with van der Waals surface area (Å²) in [4.78, 5) is 48.8. The SMILES string of the molecule is CC(C)(C)c1cc2c(O)c(c1)Cc1cc(C(C)(C)C)cc(c1O)C(=O)c1cc(C(C)(C)C)cc(c1O)C(=O)c1cc(C(C)(C)C)cc(c1O)C2.CCOC(C)=O.CCOC(C)=O. The van der Waals surface area contributed by atoms with E-state index in [1.54, 1.807) is 38.1 Å².